The lowest BCUT2D eigenvalue weighted by molar-refractivity contribution is 0.0128. The summed E-state index contributed by atoms with van der Waals surface area (Å²) in [5.41, 5.74) is 1.13. The molecule has 1 N–H and O–H groups in total. The predicted octanol–water partition coefficient (Wildman–Crippen LogP) is 1.53. The summed E-state index contributed by atoms with van der Waals surface area (Å²) < 4.78 is 10.5. The van der Waals surface area contributed by atoms with Gasteiger partial charge in [0, 0.05) is 26.8 Å². The quantitative estimate of drug-likeness (QED) is 0.653. The van der Waals surface area contributed by atoms with Gasteiger partial charge < -0.3 is 19.5 Å². The van der Waals surface area contributed by atoms with Gasteiger partial charge in [0.1, 0.15) is 0 Å². The van der Waals surface area contributed by atoms with Gasteiger partial charge in [0.05, 0.1) is 19.3 Å². The van der Waals surface area contributed by atoms with E-state index in [0.29, 0.717) is 19.8 Å². The van der Waals surface area contributed by atoms with E-state index in [9.17, 15) is 5.11 Å². The van der Waals surface area contributed by atoms with Crippen LogP contribution in [-0.2, 0) is 16.1 Å². The summed E-state index contributed by atoms with van der Waals surface area (Å²) in [5.74, 6) is 0. The molecular formula is C15H25NO3. The normalized spacial score (nSPS) is 12.8. The number of rotatable bonds is 10. The molecule has 0 heterocycles. The average Bonchev–Trinajstić information content (AvgIpc) is 2.40. The first-order valence-electron chi connectivity index (χ1n) is 6.69. The third kappa shape index (κ3) is 7.95. The van der Waals surface area contributed by atoms with Crippen molar-refractivity contribution in [2.45, 2.75) is 19.1 Å². The summed E-state index contributed by atoms with van der Waals surface area (Å²) in [6, 6.07) is 9.98. The molecule has 0 spiro atoms. The fraction of sp³-hybridized carbons (Fsp3) is 0.600. The molecule has 0 fully saturated rings. The zero-order chi connectivity index (χ0) is 13.9. The largest absolute Gasteiger partial charge is 0.389 e. The maximum atomic E-state index is 9.86. The van der Waals surface area contributed by atoms with Gasteiger partial charge >= 0.3 is 0 Å². The van der Waals surface area contributed by atoms with E-state index in [4.69, 9.17) is 9.47 Å². The molecule has 1 unspecified atom stereocenters. The molecular weight excluding hydrogens is 242 g/mol. The smallest absolute Gasteiger partial charge is 0.0900 e. The minimum absolute atomic E-state index is 0.365. The fourth-order valence-electron chi connectivity index (χ4n) is 1.87. The maximum absolute atomic E-state index is 9.86. The molecule has 1 aromatic rings. The highest BCUT2D eigenvalue weighted by atomic mass is 16.5. The standard InChI is InChI=1S/C15H25NO3/c1-16(9-6-10-18-2)11-15(17)13-19-12-14-7-4-3-5-8-14/h3-5,7-8,15,17H,6,9-13H2,1-2H3. The van der Waals surface area contributed by atoms with E-state index in [1.165, 1.54) is 0 Å². The summed E-state index contributed by atoms with van der Waals surface area (Å²) in [7, 11) is 3.70. The molecule has 4 nitrogen and oxygen atoms in total. The van der Waals surface area contributed by atoms with Gasteiger partial charge in [0.25, 0.3) is 0 Å². The van der Waals surface area contributed by atoms with Gasteiger partial charge in [-0.1, -0.05) is 30.3 Å². The van der Waals surface area contributed by atoms with Crippen molar-refractivity contribution in [1.82, 2.24) is 4.90 Å². The van der Waals surface area contributed by atoms with Crippen LogP contribution in [0.3, 0.4) is 0 Å². The van der Waals surface area contributed by atoms with Crippen molar-refractivity contribution in [1.29, 1.82) is 0 Å². The van der Waals surface area contributed by atoms with E-state index in [2.05, 4.69) is 4.90 Å². The van der Waals surface area contributed by atoms with Crippen molar-refractivity contribution < 1.29 is 14.6 Å². The number of hydrogen-bond acceptors (Lipinski definition) is 4. The van der Waals surface area contributed by atoms with E-state index in [-0.39, 0.29) is 0 Å². The molecule has 0 saturated carbocycles. The van der Waals surface area contributed by atoms with Crippen molar-refractivity contribution in [3.8, 4) is 0 Å². The summed E-state index contributed by atoms with van der Waals surface area (Å²) in [4.78, 5) is 2.09. The Hall–Kier alpha value is -0.940. The first-order valence-corrected chi connectivity index (χ1v) is 6.69. The molecule has 1 atom stereocenters. The molecule has 4 heteroatoms. The minimum atomic E-state index is -0.448. The monoisotopic (exact) mass is 267 g/mol. The van der Waals surface area contributed by atoms with E-state index >= 15 is 0 Å². The molecule has 1 rings (SSSR count). The van der Waals surface area contributed by atoms with Crippen LogP contribution < -0.4 is 0 Å². The highest BCUT2D eigenvalue weighted by Gasteiger charge is 2.08. The molecule has 0 aliphatic rings. The van der Waals surface area contributed by atoms with Gasteiger partial charge in [-0.2, -0.15) is 0 Å². The summed E-state index contributed by atoms with van der Waals surface area (Å²) >= 11 is 0. The Morgan fingerprint density at radius 3 is 2.68 bits per heavy atom. The third-order valence-electron chi connectivity index (χ3n) is 2.83. The Labute approximate surface area is 115 Å². The number of aliphatic hydroxyl groups excluding tert-OH is 1. The molecule has 0 aliphatic heterocycles. The van der Waals surface area contributed by atoms with Gasteiger partial charge in [-0.05, 0) is 19.0 Å². The highest BCUT2D eigenvalue weighted by Crippen LogP contribution is 2.01. The lowest BCUT2D eigenvalue weighted by Crippen LogP contribution is -2.33. The number of likely N-dealkylation sites (N-methyl/N-ethyl adjacent to an activating group) is 1. The van der Waals surface area contributed by atoms with Crippen LogP contribution in [0.5, 0.6) is 0 Å². The van der Waals surface area contributed by atoms with E-state index in [1.54, 1.807) is 7.11 Å². The second kappa shape index (κ2) is 9.92. The first kappa shape index (κ1) is 16.1. The Balaban J connectivity index is 2.08. The zero-order valence-electron chi connectivity index (χ0n) is 11.9. The van der Waals surface area contributed by atoms with Gasteiger partial charge in [-0.25, -0.2) is 0 Å². The lowest BCUT2D eigenvalue weighted by atomic mass is 10.2. The molecule has 0 saturated heterocycles. The number of nitrogens with zero attached hydrogens (tertiary/aromatic N) is 1. The van der Waals surface area contributed by atoms with Crippen molar-refractivity contribution >= 4 is 0 Å². The Bertz CT molecular complexity index is 318. The number of aliphatic hydroxyl groups is 1. The van der Waals surface area contributed by atoms with Crippen LogP contribution in [-0.4, -0.2) is 56.6 Å². The Morgan fingerprint density at radius 1 is 1.26 bits per heavy atom. The molecule has 0 radical (unpaired) electrons. The molecule has 108 valence electrons. The Kier molecular flexibility index (Phi) is 8.41. The highest BCUT2D eigenvalue weighted by molar-refractivity contribution is 5.13. The predicted molar refractivity (Wildman–Crippen MR) is 76.1 cm³/mol. The maximum Gasteiger partial charge on any atom is 0.0900 e. The van der Waals surface area contributed by atoms with Gasteiger partial charge in [-0.3, -0.25) is 0 Å². The summed E-state index contributed by atoms with van der Waals surface area (Å²) in [5, 5.41) is 9.86. The second-order valence-corrected chi connectivity index (χ2v) is 4.76. The lowest BCUT2D eigenvalue weighted by Gasteiger charge is -2.20. The zero-order valence-corrected chi connectivity index (χ0v) is 11.9. The van der Waals surface area contributed by atoms with E-state index in [0.717, 1.165) is 25.1 Å². The molecule has 0 bridgehead atoms. The van der Waals surface area contributed by atoms with Crippen LogP contribution in [0.1, 0.15) is 12.0 Å². The second-order valence-electron chi connectivity index (χ2n) is 4.76. The van der Waals surface area contributed by atoms with Crippen LogP contribution in [0.2, 0.25) is 0 Å². The van der Waals surface area contributed by atoms with Crippen molar-refractivity contribution in [2.24, 2.45) is 0 Å². The Morgan fingerprint density at radius 2 is 2.00 bits per heavy atom. The van der Waals surface area contributed by atoms with Crippen LogP contribution in [0.4, 0.5) is 0 Å². The van der Waals surface area contributed by atoms with Crippen LogP contribution >= 0.6 is 0 Å². The number of benzene rings is 1. The SMILES string of the molecule is COCCCN(C)CC(O)COCc1ccccc1. The topological polar surface area (TPSA) is 41.9 Å². The summed E-state index contributed by atoms with van der Waals surface area (Å²) in [6.45, 7) is 3.21. The average molecular weight is 267 g/mol. The van der Waals surface area contributed by atoms with Gasteiger partial charge in [0.2, 0.25) is 0 Å². The van der Waals surface area contributed by atoms with Crippen molar-refractivity contribution in [3.63, 3.8) is 0 Å². The van der Waals surface area contributed by atoms with Crippen molar-refractivity contribution in [3.05, 3.63) is 35.9 Å². The molecule has 19 heavy (non-hydrogen) atoms. The third-order valence-corrected chi connectivity index (χ3v) is 2.83. The number of ether oxygens (including phenoxy) is 2. The summed E-state index contributed by atoms with van der Waals surface area (Å²) in [6.07, 6.45) is 0.529. The molecule has 0 aliphatic carbocycles. The minimum Gasteiger partial charge on any atom is -0.389 e. The molecule has 0 amide bonds. The van der Waals surface area contributed by atoms with Crippen LogP contribution in [0.15, 0.2) is 30.3 Å². The van der Waals surface area contributed by atoms with Crippen molar-refractivity contribution in [2.75, 3.05) is 40.5 Å². The van der Waals surface area contributed by atoms with E-state index < -0.39 is 6.10 Å². The van der Waals surface area contributed by atoms with Gasteiger partial charge in [0.15, 0.2) is 0 Å². The van der Waals surface area contributed by atoms with E-state index in [1.807, 2.05) is 37.4 Å². The first-order chi connectivity index (χ1) is 9.22. The van der Waals surface area contributed by atoms with Crippen LogP contribution in [0.25, 0.3) is 0 Å². The van der Waals surface area contributed by atoms with Crippen LogP contribution in [0, 0.1) is 0 Å². The number of hydrogen-bond donors (Lipinski definition) is 1. The molecule has 1 aromatic carbocycles. The molecule has 0 aromatic heterocycles. The van der Waals surface area contributed by atoms with Gasteiger partial charge in [-0.15, -0.1) is 0 Å². The fourth-order valence-corrected chi connectivity index (χ4v) is 1.87. The number of methoxy groups -OCH3 is 1.